The van der Waals surface area contributed by atoms with E-state index in [4.69, 9.17) is 4.42 Å². The Hall–Kier alpha value is -3.40. The van der Waals surface area contributed by atoms with Crippen LogP contribution in [0.25, 0.3) is 33.1 Å². The molecule has 1 heterocycles. The fourth-order valence-corrected chi connectivity index (χ4v) is 3.11. The van der Waals surface area contributed by atoms with Crippen LogP contribution in [0.1, 0.15) is 27.6 Å². The molecule has 1 N–H and O–H groups in total. The van der Waals surface area contributed by atoms with Gasteiger partial charge in [0.15, 0.2) is 12.1 Å². The third kappa shape index (κ3) is 2.31. The van der Waals surface area contributed by atoms with Crippen LogP contribution < -0.4 is 0 Å². The van der Waals surface area contributed by atoms with Gasteiger partial charge in [-0.15, -0.1) is 0 Å². The van der Waals surface area contributed by atoms with Crippen molar-refractivity contribution in [2.75, 3.05) is 0 Å². The number of phenolic OH excluding ortho intramolecular Hbond substituents is 1. The molecule has 0 radical (unpaired) electrons. The molecule has 0 unspecified atom stereocenters. The van der Waals surface area contributed by atoms with Crippen molar-refractivity contribution in [3.63, 3.8) is 0 Å². The van der Waals surface area contributed by atoms with Crippen molar-refractivity contribution in [1.29, 1.82) is 0 Å². The van der Waals surface area contributed by atoms with Crippen molar-refractivity contribution in [3.05, 3.63) is 65.7 Å². The van der Waals surface area contributed by atoms with E-state index < -0.39 is 0 Å². The number of aromatic hydroxyl groups is 1. The summed E-state index contributed by atoms with van der Waals surface area (Å²) in [6, 6.07) is 15.8. The van der Waals surface area contributed by atoms with Crippen molar-refractivity contribution in [1.82, 2.24) is 0 Å². The molecule has 3 aromatic carbocycles. The van der Waals surface area contributed by atoms with E-state index in [-0.39, 0.29) is 11.5 Å². The molecule has 0 spiro atoms. The zero-order chi connectivity index (χ0) is 17.6. The van der Waals surface area contributed by atoms with Gasteiger partial charge in [0.1, 0.15) is 17.1 Å². The highest BCUT2D eigenvalue weighted by molar-refractivity contribution is 6.14. The minimum atomic E-state index is -0.0253. The zero-order valence-electron chi connectivity index (χ0n) is 13.4. The van der Waals surface area contributed by atoms with E-state index in [1.165, 1.54) is 6.92 Å². The number of carbonyl (C=O) groups is 2. The molecule has 0 bridgehead atoms. The molecule has 4 heteroatoms. The summed E-state index contributed by atoms with van der Waals surface area (Å²) in [7, 11) is 0. The third-order valence-corrected chi connectivity index (χ3v) is 4.38. The average Bonchev–Trinajstić information content (AvgIpc) is 3.00. The van der Waals surface area contributed by atoms with Crippen LogP contribution in [0.3, 0.4) is 0 Å². The first-order valence-corrected chi connectivity index (χ1v) is 7.84. The summed E-state index contributed by atoms with van der Waals surface area (Å²) in [5.41, 5.74) is 2.23. The lowest BCUT2D eigenvalue weighted by atomic mass is 10.0. The van der Waals surface area contributed by atoms with Gasteiger partial charge in [-0.2, -0.15) is 0 Å². The summed E-state index contributed by atoms with van der Waals surface area (Å²) in [5, 5.41) is 12.2. The minimum absolute atomic E-state index is 0.0253. The molecule has 0 saturated heterocycles. The predicted octanol–water partition coefficient (Wildman–Crippen LogP) is 4.97. The van der Waals surface area contributed by atoms with Crippen molar-refractivity contribution >= 4 is 33.8 Å². The van der Waals surface area contributed by atoms with E-state index in [1.54, 1.807) is 36.4 Å². The van der Waals surface area contributed by atoms with Crippen LogP contribution in [0.5, 0.6) is 5.75 Å². The van der Waals surface area contributed by atoms with E-state index in [9.17, 15) is 14.7 Å². The van der Waals surface area contributed by atoms with Gasteiger partial charge in [-0.05, 0) is 13.0 Å². The van der Waals surface area contributed by atoms with E-state index in [0.717, 1.165) is 11.7 Å². The maximum atomic E-state index is 11.7. The molecular formula is C21H14O4. The number of benzene rings is 3. The van der Waals surface area contributed by atoms with Crippen LogP contribution in [-0.2, 0) is 0 Å². The smallest absolute Gasteiger partial charge is 0.159 e. The molecule has 4 aromatic rings. The minimum Gasteiger partial charge on any atom is -0.507 e. The molecule has 0 saturated carbocycles. The highest BCUT2D eigenvalue weighted by Gasteiger charge is 2.19. The first-order valence-electron chi connectivity index (χ1n) is 7.84. The molecule has 0 aliphatic heterocycles. The number of ketones is 1. The first kappa shape index (κ1) is 15.1. The quantitative estimate of drug-likeness (QED) is 0.425. The van der Waals surface area contributed by atoms with Crippen molar-refractivity contribution in [2.45, 2.75) is 6.92 Å². The maximum Gasteiger partial charge on any atom is 0.159 e. The van der Waals surface area contributed by atoms with Gasteiger partial charge in [0.05, 0.1) is 5.56 Å². The lowest BCUT2D eigenvalue weighted by Gasteiger charge is -2.01. The predicted molar refractivity (Wildman–Crippen MR) is 96.2 cm³/mol. The van der Waals surface area contributed by atoms with Crippen LogP contribution in [0.4, 0.5) is 0 Å². The van der Waals surface area contributed by atoms with Gasteiger partial charge in [0.2, 0.25) is 0 Å². The Morgan fingerprint density at radius 1 is 1.00 bits per heavy atom. The first-order chi connectivity index (χ1) is 12.1. The second-order valence-electron chi connectivity index (χ2n) is 5.91. The number of fused-ring (bicyclic) bond motifs is 3. The Labute approximate surface area is 143 Å². The van der Waals surface area contributed by atoms with Gasteiger partial charge < -0.3 is 9.52 Å². The molecule has 0 atom stereocenters. The van der Waals surface area contributed by atoms with Crippen molar-refractivity contribution < 1.29 is 19.1 Å². The van der Waals surface area contributed by atoms with E-state index in [0.29, 0.717) is 38.8 Å². The molecule has 0 amide bonds. The van der Waals surface area contributed by atoms with Crippen LogP contribution in [0, 0.1) is 0 Å². The number of hydrogen-bond acceptors (Lipinski definition) is 4. The average molecular weight is 330 g/mol. The lowest BCUT2D eigenvalue weighted by Crippen LogP contribution is -1.91. The monoisotopic (exact) mass is 330 g/mol. The molecule has 0 aliphatic rings. The van der Waals surface area contributed by atoms with Crippen molar-refractivity contribution in [2.24, 2.45) is 0 Å². The lowest BCUT2D eigenvalue weighted by molar-refractivity contribution is 0.101. The molecule has 4 nitrogen and oxygen atoms in total. The molecular weight excluding hydrogens is 316 g/mol. The molecule has 25 heavy (non-hydrogen) atoms. The van der Waals surface area contributed by atoms with Gasteiger partial charge in [-0.3, -0.25) is 9.59 Å². The fourth-order valence-electron chi connectivity index (χ4n) is 3.11. The number of aldehydes is 1. The number of rotatable bonds is 3. The molecule has 4 rings (SSSR count). The Bertz CT molecular complexity index is 1130. The summed E-state index contributed by atoms with van der Waals surface area (Å²) in [5.74, 6) is 0.504. The van der Waals surface area contributed by atoms with E-state index in [1.807, 2.05) is 18.2 Å². The molecule has 122 valence electrons. The van der Waals surface area contributed by atoms with Crippen molar-refractivity contribution in [3.8, 4) is 17.1 Å². The van der Waals surface area contributed by atoms with Gasteiger partial charge >= 0.3 is 0 Å². The summed E-state index contributed by atoms with van der Waals surface area (Å²) >= 11 is 0. The largest absolute Gasteiger partial charge is 0.507 e. The number of phenols is 1. The van der Waals surface area contributed by atoms with Gasteiger partial charge in [-0.25, -0.2) is 0 Å². The van der Waals surface area contributed by atoms with Gasteiger partial charge in [0.25, 0.3) is 0 Å². The van der Waals surface area contributed by atoms with Crippen LogP contribution in [-0.4, -0.2) is 17.2 Å². The Balaban J connectivity index is 2.03. The number of furan rings is 1. The SMILES string of the molecule is CC(=O)c1ccc(-c2oc3c(cc(O)c4ccccc43)c2C=O)cc1. The summed E-state index contributed by atoms with van der Waals surface area (Å²) in [4.78, 5) is 23.1. The third-order valence-electron chi connectivity index (χ3n) is 4.38. The second kappa shape index (κ2) is 5.60. The zero-order valence-corrected chi connectivity index (χ0v) is 13.4. The topological polar surface area (TPSA) is 67.5 Å². The maximum absolute atomic E-state index is 11.7. The Morgan fingerprint density at radius 2 is 1.68 bits per heavy atom. The van der Waals surface area contributed by atoms with Gasteiger partial charge in [0, 0.05) is 27.3 Å². The fraction of sp³-hybridized carbons (Fsp3) is 0.0476. The van der Waals surface area contributed by atoms with E-state index in [2.05, 4.69) is 0 Å². The number of Topliss-reactive ketones (excluding diaryl/α,β-unsaturated/α-hetero) is 1. The van der Waals surface area contributed by atoms with Crippen LogP contribution in [0.2, 0.25) is 0 Å². The molecule has 0 aliphatic carbocycles. The second-order valence-corrected chi connectivity index (χ2v) is 5.91. The standard InChI is InChI=1S/C21H14O4/c1-12(23)13-6-8-14(9-7-13)20-18(11-22)17-10-19(24)15-4-2-3-5-16(15)21(17)25-20/h2-11,24H,1H3. The summed E-state index contributed by atoms with van der Waals surface area (Å²) in [6.45, 7) is 1.50. The summed E-state index contributed by atoms with van der Waals surface area (Å²) < 4.78 is 6.02. The molecule has 0 fully saturated rings. The highest BCUT2D eigenvalue weighted by Crippen LogP contribution is 2.39. The van der Waals surface area contributed by atoms with Crippen LogP contribution in [0.15, 0.2) is 59.0 Å². The number of hydrogen-bond donors (Lipinski definition) is 1. The Morgan fingerprint density at radius 3 is 2.32 bits per heavy atom. The van der Waals surface area contributed by atoms with Crippen LogP contribution >= 0.6 is 0 Å². The summed E-state index contributed by atoms with van der Waals surface area (Å²) in [6.07, 6.45) is 0.730. The highest BCUT2D eigenvalue weighted by atomic mass is 16.3. The van der Waals surface area contributed by atoms with Gasteiger partial charge in [-0.1, -0.05) is 48.5 Å². The Kier molecular flexibility index (Phi) is 3.39. The normalized spacial score (nSPS) is 11.1. The van der Waals surface area contributed by atoms with E-state index >= 15 is 0 Å². The number of carbonyl (C=O) groups excluding carboxylic acids is 2. The molecule has 1 aromatic heterocycles.